The molecule has 6 nitrogen and oxygen atoms in total. The van der Waals surface area contributed by atoms with Gasteiger partial charge >= 0.3 is 0 Å². The molecule has 3 aromatic heterocycles. The number of nitrogens with zero attached hydrogens (tertiary/aromatic N) is 5. The largest absolute Gasteiger partial charge is 0.381 e. The van der Waals surface area contributed by atoms with E-state index in [2.05, 4.69) is 75.5 Å². The molecule has 6 rings (SSSR count). The standard InChI is InChI=1S/C27H27N5O/c1-18-26(31(2)30-29-18)23-16-25-22(17-28-23)21-10-6-7-11-24(21)32(25)27(19-8-4-3-5-9-19)20-12-14-33-15-13-20/h3-11,16-17,20,27H,12-15H2,1-2H3. The fourth-order valence-electron chi connectivity index (χ4n) is 5.45. The van der Waals surface area contributed by atoms with E-state index in [-0.39, 0.29) is 6.04 Å². The molecule has 0 N–H and O–H groups in total. The van der Waals surface area contributed by atoms with Crippen LogP contribution in [0.1, 0.15) is 30.1 Å². The Hall–Kier alpha value is -3.51. The third-order valence-electron chi connectivity index (χ3n) is 6.96. The van der Waals surface area contributed by atoms with Crippen LogP contribution in [0.5, 0.6) is 0 Å². The predicted molar refractivity (Wildman–Crippen MR) is 130 cm³/mol. The molecule has 0 radical (unpaired) electrons. The zero-order valence-electron chi connectivity index (χ0n) is 19.0. The van der Waals surface area contributed by atoms with Crippen LogP contribution in [0.25, 0.3) is 33.2 Å². The van der Waals surface area contributed by atoms with Gasteiger partial charge in [0.05, 0.1) is 22.9 Å². The lowest BCUT2D eigenvalue weighted by Gasteiger charge is -2.33. The van der Waals surface area contributed by atoms with Crippen molar-refractivity contribution in [2.75, 3.05) is 13.2 Å². The Morgan fingerprint density at radius 3 is 2.45 bits per heavy atom. The number of para-hydroxylation sites is 1. The second-order valence-electron chi connectivity index (χ2n) is 8.93. The predicted octanol–water partition coefficient (Wildman–Crippen LogP) is 5.31. The molecule has 2 aromatic carbocycles. The molecule has 1 aliphatic rings. The molecule has 166 valence electrons. The van der Waals surface area contributed by atoms with Crippen LogP contribution >= 0.6 is 0 Å². The van der Waals surface area contributed by atoms with Gasteiger partial charge in [-0.15, -0.1) is 5.10 Å². The van der Waals surface area contributed by atoms with E-state index in [0.717, 1.165) is 43.1 Å². The Morgan fingerprint density at radius 2 is 1.70 bits per heavy atom. The van der Waals surface area contributed by atoms with E-state index >= 15 is 0 Å². The maximum atomic E-state index is 5.74. The van der Waals surface area contributed by atoms with Crippen molar-refractivity contribution >= 4 is 21.8 Å². The summed E-state index contributed by atoms with van der Waals surface area (Å²) in [5, 5.41) is 10.9. The Kier molecular flexibility index (Phi) is 4.95. The number of fused-ring (bicyclic) bond motifs is 3. The van der Waals surface area contributed by atoms with Crippen LogP contribution in [0.2, 0.25) is 0 Å². The number of benzene rings is 2. The first-order chi connectivity index (χ1) is 16.2. The molecule has 0 saturated carbocycles. The Morgan fingerprint density at radius 1 is 0.939 bits per heavy atom. The lowest BCUT2D eigenvalue weighted by molar-refractivity contribution is 0.0553. The fraction of sp³-hybridized carbons (Fsp3) is 0.296. The zero-order valence-corrected chi connectivity index (χ0v) is 19.0. The minimum atomic E-state index is 0.221. The van der Waals surface area contributed by atoms with Gasteiger partial charge in [0.1, 0.15) is 5.69 Å². The minimum absolute atomic E-state index is 0.221. The van der Waals surface area contributed by atoms with Crippen molar-refractivity contribution < 1.29 is 4.74 Å². The maximum Gasteiger partial charge on any atom is 0.110 e. The van der Waals surface area contributed by atoms with Gasteiger partial charge in [-0.25, -0.2) is 4.68 Å². The van der Waals surface area contributed by atoms with Crippen LogP contribution < -0.4 is 0 Å². The molecule has 6 heteroatoms. The van der Waals surface area contributed by atoms with E-state index in [0.29, 0.717) is 5.92 Å². The lowest BCUT2D eigenvalue weighted by atomic mass is 9.86. The monoisotopic (exact) mass is 437 g/mol. The summed E-state index contributed by atoms with van der Waals surface area (Å²) in [5.74, 6) is 0.497. The van der Waals surface area contributed by atoms with Gasteiger partial charge < -0.3 is 9.30 Å². The molecule has 0 bridgehead atoms. The molecule has 1 saturated heterocycles. The summed E-state index contributed by atoms with van der Waals surface area (Å²) < 4.78 is 10.1. The second kappa shape index (κ2) is 8.12. The highest BCUT2D eigenvalue weighted by atomic mass is 16.5. The summed E-state index contributed by atoms with van der Waals surface area (Å²) in [6.07, 6.45) is 4.12. The summed E-state index contributed by atoms with van der Waals surface area (Å²) in [5.41, 5.74) is 6.51. The van der Waals surface area contributed by atoms with Gasteiger partial charge in [0.25, 0.3) is 0 Å². The van der Waals surface area contributed by atoms with Gasteiger partial charge in [0.15, 0.2) is 0 Å². The van der Waals surface area contributed by atoms with Crippen LogP contribution in [0.4, 0.5) is 0 Å². The molecule has 0 spiro atoms. The van der Waals surface area contributed by atoms with E-state index in [1.807, 2.05) is 24.9 Å². The first-order valence-electron chi connectivity index (χ1n) is 11.6. The van der Waals surface area contributed by atoms with Gasteiger partial charge in [0.2, 0.25) is 0 Å². The molecule has 1 fully saturated rings. The third kappa shape index (κ3) is 3.33. The van der Waals surface area contributed by atoms with Gasteiger partial charge in [-0.2, -0.15) is 0 Å². The molecule has 33 heavy (non-hydrogen) atoms. The van der Waals surface area contributed by atoms with Crippen LogP contribution in [0.3, 0.4) is 0 Å². The van der Waals surface area contributed by atoms with Crippen molar-refractivity contribution in [1.29, 1.82) is 0 Å². The van der Waals surface area contributed by atoms with Crippen molar-refractivity contribution in [2.45, 2.75) is 25.8 Å². The zero-order chi connectivity index (χ0) is 22.4. The number of aryl methyl sites for hydroxylation is 2. The Balaban J connectivity index is 1.65. The van der Waals surface area contributed by atoms with E-state index in [1.54, 1.807) is 0 Å². The van der Waals surface area contributed by atoms with E-state index in [1.165, 1.54) is 27.4 Å². The minimum Gasteiger partial charge on any atom is -0.381 e. The smallest absolute Gasteiger partial charge is 0.110 e. The number of pyridine rings is 1. The van der Waals surface area contributed by atoms with Crippen LogP contribution in [-0.2, 0) is 11.8 Å². The molecule has 1 unspecified atom stereocenters. The first-order valence-corrected chi connectivity index (χ1v) is 11.6. The quantitative estimate of drug-likeness (QED) is 0.382. The molecule has 5 aromatic rings. The van der Waals surface area contributed by atoms with Gasteiger partial charge in [-0.3, -0.25) is 4.98 Å². The molecule has 0 amide bonds. The highest BCUT2D eigenvalue weighted by molar-refractivity contribution is 6.08. The third-order valence-corrected chi connectivity index (χ3v) is 6.96. The summed E-state index contributed by atoms with van der Waals surface area (Å²) in [6.45, 7) is 3.62. The maximum absolute atomic E-state index is 5.74. The van der Waals surface area contributed by atoms with E-state index < -0.39 is 0 Å². The fourth-order valence-corrected chi connectivity index (χ4v) is 5.45. The van der Waals surface area contributed by atoms with Crippen molar-refractivity contribution in [1.82, 2.24) is 24.5 Å². The highest BCUT2D eigenvalue weighted by Crippen LogP contribution is 2.41. The normalized spacial score (nSPS) is 15.9. The summed E-state index contributed by atoms with van der Waals surface area (Å²) >= 11 is 0. The van der Waals surface area contributed by atoms with Crippen molar-refractivity contribution in [3.8, 4) is 11.4 Å². The number of hydrogen-bond donors (Lipinski definition) is 0. The van der Waals surface area contributed by atoms with Crippen LogP contribution in [-0.4, -0.2) is 37.8 Å². The van der Waals surface area contributed by atoms with E-state index in [4.69, 9.17) is 9.72 Å². The SMILES string of the molecule is Cc1nnn(C)c1-c1cc2c(cn1)c1ccccc1n2C(c1ccccc1)C1CCOCC1. The van der Waals surface area contributed by atoms with Crippen LogP contribution in [0.15, 0.2) is 66.9 Å². The summed E-state index contributed by atoms with van der Waals surface area (Å²) in [4.78, 5) is 4.84. The number of ether oxygens (including phenoxy) is 1. The van der Waals surface area contributed by atoms with Gasteiger partial charge in [-0.1, -0.05) is 53.7 Å². The average molecular weight is 438 g/mol. The lowest BCUT2D eigenvalue weighted by Crippen LogP contribution is -2.26. The summed E-state index contributed by atoms with van der Waals surface area (Å²) in [6, 6.07) is 22.0. The van der Waals surface area contributed by atoms with Crippen molar-refractivity contribution in [2.24, 2.45) is 13.0 Å². The molecule has 1 atom stereocenters. The average Bonchev–Trinajstić information content (AvgIpc) is 3.37. The second-order valence-corrected chi connectivity index (χ2v) is 8.93. The van der Waals surface area contributed by atoms with Gasteiger partial charge in [0, 0.05) is 42.7 Å². The molecule has 0 aliphatic carbocycles. The Bertz CT molecular complexity index is 1410. The van der Waals surface area contributed by atoms with Crippen molar-refractivity contribution in [3.05, 3.63) is 78.1 Å². The topological polar surface area (TPSA) is 57.8 Å². The van der Waals surface area contributed by atoms with Crippen molar-refractivity contribution in [3.63, 3.8) is 0 Å². The highest BCUT2D eigenvalue weighted by Gasteiger charge is 2.30. The number of aromatic nitrogens is 5. The summed E-state index contributed by atoms with van der Waals surface area (Å²) in [7, 11) is 1.92. The van der Waals surface area contributed by atoms with Crippen LogP contribution in [0, 0.1) is 12.8 Å². The Labute approximate surface area is 192 Å². The van der Waals surface area contributed by atoms with E-state index in [9.17, 15) is 0 Å². The molecular formula is C27H27N5O. The number of hydrogen-bond acceptors (Lipinski definition) is 4. The molecule has 4 heterocycles. The molecular weight excluding hydrogens is 410 g/mol. The van der Waals surface area contributed by atoms with Gasteiger partial charge in [-0.05, 0) is 43.4 Å². The number of rotatable bonds is 4. The molecule has 1 aliphatic heterocycles. The first kappa shape index (κ1) is 20.1.